The molecular formula is C12H18O2. The summed E-state index contributed by atoms with van der Waals surface area (Å²) in [6.07, 6.45) is 9.54. The molecular weight excluding hydrogens is 176 g/mol. The first kappa shape index (κ1) is 8.75. The van der Waals surface area contributed by atoms with Crippen molar-refractivity contribution in [3.63, 3.8) is 0 Å². The molecule has 0 N–H and O–H groups in total. The van der Waals surface area contributed by atoms with E-state index in [0.717, 1.165) is 25.7 Å². The molecule has 2 saturated heterocycles. The van der Waals surface area contributed by atoms with Gasteiger partial charge in [0.25, 0.3) is 0 Å². The number of hydrogen-bond donors (Lipinski definition) is 0. The van der Waals surface area contributed by atoms with Gasteiger partial charge in [-0.15, -0.1) is 0 Å². The van der Waals surface area contributed by atoms with Crippen molar-refractivity contribution in [2.24, 2.45) is 11.8 Å². The first-order chi connectivity index (χ1) is 6.80. The fourth-order valence-electron chi connectivity index (χ4n) is 3.73. The van der Waals surface area contributed by atoms with E-state index in [2.05, 4.69) is 0 Å². The lowest BCUT2D eigenvalue weighted by atomic mass is 9.75. The van der Waals surface area contributed by atoms with Crippen molar-refractivity contribution in [1.29, 1.82) is 0 Å². The van der Waals surface area contributed by atoms with Crippen LogP contribution in [0.2, 0.25) is 0 Å². The Labute approximate surface area is 85.0 Å². The Morgan fingerprint density at radius 2 is 1.93 bits per heavy atom. The van der Waals surface area contributed by atoms with Crippen LogP contribution in [0.5, 0.6) is 0 Å². The Morgan fingerprint density at radius 1 is 1.07 bits per heavy atom. The Kier molecular flexibility index (Phi) is 1.86. The maximum Gasteiger partial charge on any atom is 0.309 e. The van der Waals surface area contributed by atoms with Gasteiger partial charge in [-0.05, 0) is 50.9 Å². The number of hydrogen-bond acceptors (Lipinski definition) is 2. The largest absolute Gasteiger partial charge is 0.459 e. The molecule has 0 aromatic carbocycles. The summed E-state index contributed by atoms with van der Waals surface area (Å²) in [7, 11) is 0. The van der Waals surface area contributed by atoms with Gasteiger partial charge in [0.1, 0.15) is 5.60 Å². The first-order valence-corrected chi connectivity index (χ1v) is 6.03. The number of esters is 1. The van der Waals surface area contributed by atoms with E-state index in [4.69, 9.17) is 4.74 Å². The van der Waals surface area contributed by atoms with Crippen LogP contribution in [-0.2, 0) is 9.53 Å². The van der Waals surface area contributed by atoms with Crippen molar-refractivity contribution < 1.29 is 9.53 Å². The summed E-state index contributed by atoms with van der Waals surface area (Å²) in [6.45, 7) is 0. The molecule has 2 nitrogen and oxygen atoms in total. The smallest absolute Gasteiger partial charge is 0.309 e. The SMILES string of the molecule is O=C1O[C@]23CCC[C@@H]2CCC[C@H]1CC3. The molecule has 2 heterocycles. The van der Waals surface area contributed by atoms with Crippen LogP contribution in [0.4, 0.5) is 0 Å². The summed E-state index contributed by atoms with van der Waals surface area (Å²) in [5, 5.41) is 0. The lowest BCUT2D eigenvalue weighted by Gasteiger charge is -2.43. The standard InChI is InChI=1S/C12H18O2/c13-11-9-3-1-4-10-5-2-7-12(10,14-11)8-6-9/h9-10H,1-8H2/t9-,10-,12-/m0/s1. The molecule has 78 valence electrons. The van der Waals surface area contributed by atoms with Gasteiger partial charge < -0.3 is 4.74 Å². The minimum atomic E-state index is -0.00595. The third-order valence-corrected chi connectivity index (χ3v) is 4.55. The predicted molar refractivity (Wildman–Crippen MR) is 52.7 cm³/mol. The van der Waals surface area contributed by atoms with Crippen LogP contribution in [0.15, 0.2) is 0 Å². The zero-order chi connectivity index (χ0) is 9.60. The third kappa shape index (κ3) is 1.12. The van der Waals surface area contributed by atoms with Gasteiger partial charge in [0.05, 0.1) is 5.92 Å². The average molecular weight is 194 g/mol. The second-order valence-electron chi connectivity index (χ2n) is 5.24. The van der Waals surface area contributed by atoms with Gasteiger partial charge >= 0.3 is 5.97 Å². The van der Waals surface area contributed by atoms with Gasteiger partial charge in [0.2, 0.25) is 0 Å². The van der Waals surface area contributed by atoms with E-state index in [1.807, 2.05) is 0 Å². The molecule has 4 rings (SSSR count). The van der Waals surface area contributed by atoms with Crippen LogP contribution in [0, 0.1) is 11.8 Å². The molecule has 0 radical (unpaired) electrons. The highest BCUT2D eigenvalue weighted by Crippen LogP contribution is 2.50. The van der Waals surface area contributed by atoms with E-state index in [0.29, 0.717) is 5.92 Å². The minimum absolute atomic E-state index is 0.00595. The minimum Gasteiger partial charge on any atom is -0.459 e. The van der Waals surface area contributed by atoms with Gasteiger partial charge in [0, 0.05) is 0 Å². The van der Waals surface area contributed by atoms with Crippen LogP contribution < -0.4 is 0 Å². The highest BCUT2D eigenvalue weighted by atomic mass is 16.6. The van der Waals surface area contributed by atoms with Gasteiger partial charge in [-0.3, -0.25) is 4.79 Å². The fourth-order valence-corrected chi connectivity index (χ4v) is 3.73. The summed E-state index contributed by atoms with van der Waals surface area (Å²) >= 11 is 0. The number of fused-ring (bicyclic) bond motifs is 4. The molecule has 2 aliphatic carbocycles. The zero-order valence-electron chi connectivity index (χ0n) is 8.63. The molecule has 2 aliphatic heterocycles. The average Bonchev–Trinajstić information content (AvgIpc) is 2.49. The molecule has 1 spiro atoms. The topological polar surface area (TPSA) is 26.3 Å². The van der Waals surface area contributed by atoms with Crippen molar-refractivity contribution >= 4 is 5.97 Å². The molecule has 0 aromatic rings. The van der Waals surface area contributed by atoms with Crippen LogP contribution in [-0.4, -0.2) is 11.6 Å². The third-order valence-electron chi connectivity index (χ3n) is 4.55. The molecule has 2 bridgehead atoms. The number of ether oxygens (including phenoxy) is 1. The van der Waals surface area contributed by atoms with Gasteiger partial charge in [-0.1, -0.05) is 6.42 Å². The summed E-state index contributed by atoms with van der Waals surface area (Å²) in [5.41, 5.74) is -0.00595. The maximum atomic E-state index is 11.7. The summed E-state index contributed by atoms with van der Waals surface area (Å²) < 4.78 is 5.76. The molecule has 4 fully saturated rings. The summed E-state index contributed by atoms with van der Waals surface area (Å²) in [6, 6.07) is 0. The Bertz CT molecular complexity index is 261. The molecule has 4 aliphatic rings. The normalized spacial score (nSPS) is 46.7. The molecule has 0 aromatic heterocycles. The zero-order valence-corrected chi connectivity index (χ0v) is 8.63. The van der Waals surface area contributed by atoms with E-state index in [9.17, 15) is 4.79 Å². The highest BCUT2D eigenvalue weighted by Gasteiger charge is 2.50. The van der Waals surface area contributed by atoms with Crippen molar-refractivity contribution in [3.8, 4) is 0 Å². The van der Waals surface area contributed by atoms with E-state index in [-0.39, 0.29) is 17.5 Å². The van der Waals surface area contributed by atoms with Gasteiger partial charge in [-0.25, -0.2) is 0 Å². The van der Waals surface area contributed by atoms with E-state index in [1.165, 1.54) is 25.7 Å². The molecule has 3 atom stereocenters. The maximum absolute atomic E-state index is 11.7. The number of rotatable bonds is 0. The Balaban J connectivity index is 1.92. The second-order valence-corrected chi connectivity index (χ2v) is 5.24. The predicted octanol–water partition coefficient (Wildman–Crippen LogP) is 2.66. The van der Waals surface area contributed by atoms with E-state index in [1.54, 1.807) is 0 Å². The molecule has 2 saturated carbocycles. The lowest BCUT2D eigenvalue weighted by Crippen LogP contribution is -2.46. The Morgan fingerprint density at radius 3 is 2.79 bits per heavy atom. The van der Waals surface area contributed by atoms with E-state index >= 15 is 0 Å². The molecule has 2 heteroatoms. The number of carbonyl (C=O) groups is 1. The number of carbonyl (C=O) groups excluding carboxylic acids is 1. The van der Waals surface area contributed by atoms with Crippen LogP contribution in [0.3, 0.4) is 0 Å². The van der Waals surface area contributed by atoms with Crippen LogP contribution in [0.25, 0.3) is 0 Å². The van der Waals surface area contributed by atoms with Gasteiger partial charge in [-0.2, -0.15) is 0 Å². The van der Waals surface area contributed by atoms with Crippen molar-refractivity contribution in [2.75, 3.05) is 0 Å². The fraction of sp³-hybridized carbons (Fsp3) is 0.917. The van der Waals surface area contributed by atoms with E-state index < -0.39 is 0 Å². The van der Waals surface area contributed by atoms with Crippen LogP contribution in [0.1, 0.15) is 51.4 Å². The monoisotopic (exact) mass is 194 g/mol. The summed E-state index contributed by atoms with van der Waals surface area (Å²) in [4.78, 5) is 11.7. The second kappa shape index (κ2) is 2.98. The summed E-state index contributed by atoms with van der Waals surface area (Å²) in [5.74, 6) is 1.04. The molecule has 0 unspecified atom stereocenters. The Hall–Kier alpha value is -0.530. The van der Waals surface area contributed by atoms with Crippen molar-refractivity contribution in [2.45, 2.75) is 57.0 Å². The van der Waals surface area contributed by atoms with Crippen molar-refractivity contribution in [1.82, 2.24) is 0 Å². The molecule has 0 amide bonds. The van der Waals surface area contributed by atoms with Gasteiger partial charge in [0.15, 0.2) is 0 Å². The lowest BCUT2D eigenvalue weighted by molar-refractivity contribution is -0.183. The highest BCUT2D eigenvalue weighted by molar-refractivity contribution is 5.74. The molecule has 14 heavy (non-hydrogen) atoms. The van der Waals surface area contributed by atoms with Crippen LogP contribution >= 0.6 is 0 Å². The van der Waals surface area contributed by atoms with Crippen molar-refractivity contribution in [3.05, 3.63) is 0 Å². The quantitative estimate of drug-likeness (QED) is 0.554. The first-order valence-electron chi connectivity index (χ1n) is 6.03.